The Morgan fingerprint density at radius 1 is 1.33 bits per heavy atom. The number of nitrogens with zero attached hydrogens (tertiary/aromatic N) is 1. The van der Waals surface area contributed by atoms with Gasteiger partial charge in [-0.3, -0.25) is 0 Å². The molecule has 1 aromatic carbocycles. The molecule has 0 radical (unpaired) electrons. The second-order valence-electron chi connectivity index (χ2n) is 2.36. The number of anilines is 1. The van der Waals surface area contributed by atoms with E-state index in [1.54, 1.807) is 11.8 Å². The van der Waals surface area contributed by atoms with E-state index in [0.29, 0.717) is 0 Å². The minimum absolute atomic E-state index is 1.18. The molecular weight excluding hydrogens is 233 g/mol. The summed E-state index contributed by atoms with van der Waals surface area (Å²) in [7, 11) is 2.05. The van der Waals surface area contributed by atoms with E-state index in [1.165, 1.54) is 9.56 Å². The number of hydrogen-bond acceptors (Lipinski definition) is 2. The zero-order valence-corrected chi connectivity index (χ0v) is 9.68. The van der Waals surface area contributed by atoms with Crippen LogP contribution >= 0.6 is 11.8 Å². The number of rotatable bonds is 3. The van der Waals surface area contributed by atoms with Crippen LogP contribution in [0.2, 0.25) is 0 Å². The number of thioether (sulfide) groups is 1. The monoisotopic (exact) mass is 245 g/mol. The Bertz CT molecular complexity index is 260. The Kier molecular flexibility index (Phi) is 3.86. The third-order valence-corrected chi connectivity index (χ3v) is 3.84. The van der Waals surface area contributed by atoms with Crippen LogP contribution in [-0.4, -0.2) is 32.8 Å². The average Bonchev–Trinajstić information content (AvgIpc) is 2.17. The van der Waals surface area contributed by atoms with E-state index in [0.717, 1.165) is 0 Å². The summed E-state index contributed by atoms with van der Waals surface area (Å²) in [6.07, 6.45) is 2.06. The third-order valence-electron chi connectivity index (χ3n) is 1.59. The van der Waals surface area contributed by atoms with E-state index >= 15 is 0 Å². The summed E-state index contributed by atoms with van der Waals surface area (Å²) in [6.45, 7) is 0. The van der Waals surface area contributed by atoms with Crippen LogP contribution in [0.4, 0.5) is 5.69 Å². The molecule has 0 heterocycles. The molecule has 0 fully saturated rings. The Labute approximate surface area is 85.5 Å². The van der Waals surface area contributed by atoms with Crippen LogP contribution in [0.25, 0.3) is 0 Å². The standard InChI is InChI=1S/C9H11NSSe/c1-10(9(12)11-2)8-6-4-3-5-7-8/h3-7H,1-2H3. The molecule has 1 aromatic rings. The van der Waals surface area contributed by atoms with Crippen molar-refractivity contribution in [2.75, 3.05) is 18.2 Å². The van der Waals surface area contributed by atoms with Gasteiger partial charge in [-0.05, 0) is 0 Å². The number of hydrogen-bond donors (Lipinski definition) is 0. The SMILES string of the molecule is CSC(=[Se])N(C)c1ccccc1. The van der Waals surface area contributed by atoms with Gasteiger partial charge < -0.3 is 0 Å². The Morgan fingerprint density at radius 2 is 1.92 bits per heavy atom. The molecule has 0 saturated heterocycles. The summed E-state index contributed by atoms with van der Waals surface area (Å²) in [5, 5.41) is 0. The fourth-order valence-electron chi connectivity index (χ4n) is 0.894. The molecule has 0 aliphatic rings. The van der Waals surface area contributed by atoms with E-state index in [-0.39, 0.29) is 0 Å². The van der Waals surface area contributed by atoms with Crippen molar-refractivity contribution in [2.45, 2.75) is 0 Å². The topological polar surface area (TPSA) is 3.24 Å². The van der Waals surface area contributed by atoms with Crippen molar-refractivity contribution in [3.05, 3.63) is 30.3 Å². The van der Waals surface area contributed by atoms with Crippen molar-refractivity contribution in [1.82, 2.24) is 0 Å². The van der Waals surface area contributed by atoms with Crippen LogP contribution in [0.15, 0.2) is 30.3 Å². The van der Waals surface area contributed by atoms with Crippen molar-refractivity contribution >= 4 is 36.9 Å². The van der Waals surface area contributed by atoms with Gasteiger partial charge in [0.15, 0.2) is 0 Å². The van der Waals surface area contributed by atoms with E-state index in [1.807, 2.05) is 18.2 Å². The molecule has 1 rings (SSSR count). The summed E-state index contributed by atoms with van der Waals surface area (Å²) in [4.78, 5) is 2.13. The predicted octanol–water partition coefficient (Wildman–Crippen LogP) is 1.74. The van der Waals surface area contributed by atoms with Gasteiger partial charge >= 0.3 is 85.4 Å². The molecule has 0 N–H and O–H groups in total. The summed E-state index contributed by atoms with van der Waals surface area (Å²) in [6, 6.07) is 10.3. The molecule has 64 valence electrons. The number of benzene rings is 1. The third kappa shape index (κ3) is 2.37. The quantitative estimate of drug-likeness (QED) is 0.745. The molecule has 0 bridgehead atoms. The van der Waals surface area contributed by atoms with Crippen LogP contribution in [0.5, 0.6) is 0 Å². The summed E-state index contributed by atoms with van der Waals surface area (Å²) >= 11 is 4.75. The van der Waals surface area contributed by atoms with Crippen LogP contribution in [0.1, 0.15) is 0 Å². The van der Waals surface area contributed by atoms with Crippen molar-refractivity contribution in [1.29, 1.82) is 0 Å². The molecule has 0 atom stereocenters. The fourth-order valence-corrected chi connectivity index (χ4v) is 1.49. The van der Waals surface area contributed by atoms with Gasteiger partial charge in [0, 0.05) is 0 Å². The van der Waals surface area contributed by atoms with Crippen molar-refractivity contribution in [3.63, 3.8) is 0 Å². The first kappa shape index (κ1) is 9.84. The van der Waals surface area contributed by atoms with Crippen molar-refractivity contribution < 1.29 is 0 Å². The maximum absolute atomic E-state index is 3.03. The molecule has 0 aromatic heterocycles. The first-order valence-electron chi connectivity index (χ1n) is 3.62. The molecule has 12 heavy (non-hydrogen) atoms. The normalized spacial score (nSPS) is 9.50. The molecule has 1 nitrogen and oxygen atoms in total. The number of para-hydroxylation sites is 1. The summed E-state index contributed by atoms with van der Waals surface area (Å²) < 4.78 is 1.18. The first-order chi connectivity index (χ1) is 5.75. The second kappa shape index (κ2) is 4.70. The molecule has 0 aliphatic carbocycles. The van der Waals surface area contributed by atoms with Crippen LogP contribution in [0, 0.1) is 0 Å². The van der Waals surface area contributed by atoms with Crippen molar-refractivity contribution in [3.8, 4) is 0 Å². The van der Waals surface area contributed by atoms with Crippen molar-refractivity contribution in [2.24, 2.45) is 0 Å². The Balaban J connectivity index is 2.78. The summed E-state index contributed by atoms with van der Waals surface area (Å²) in [5.74, 6) is 0. The van der Waals surface area contributed by atoms with Gasteiger partial charge in [0.05, 0.1) is 0 Å². The second-order valence-corrected chi connectivity index (χ2v) is 4.55. The molecule has 3 heteroatoms. The van der Waals surface area contributed by atoms with E-state index < -0.39 is 0 Å². The zero-order valence-electron chi connectivity index (χ0n) is 7.15. The molecular formula is C9H11NSSe. The van der Waals surface area contributed by atoms with Gasteiger partial charge in [-0.2, -0.15) is 0 Å². The van der Waals surface area contributed by atoms with Gasteiger partial charge in [0.25, 0.3) is 0 Å². The van der Waals surface area contributed by atoms with Gasteiger partial charge in [-0.1, -0.05) is 0 Å². The first-order valence-corrected chi connectivity index (χ1v) is 5.70. The van der Waals surface area contributed by atoms with E-state index in [9.17, 15) is 0 Å². The van der Waals surface area contributed by atoms with Gasteiger partial charge in [0.2, 0.25) is 0 Å². The molecule has 0 amide bonds. The van der Waals surface area contributed by atoms with Gasteiger partial charge in [-0.25, -0.2) is 0 Å². The Morgan fingerprint density at radius 3 is 2.42 bits per heavy atom. The molecule has 0 unspecified atom stereocenters. The zero-order chi connectivity index (χ0) is 8.97. The minimum atomic E-state index is 1.18. The molecule has 0 saturated carbocycles. The molecule has 0 spiro atoms. The molecule has 0 aliphatic heterocycles. The van der Waals surface area contributed by atoms with Crippen LogP contribution in [0.3, 0.4) is 0 Å². The Hall–Kier alpha value is -0.241. The maximum atomic E-state index is 3.03. The summed E-state index contributed by atoms with van der Waals surface area (Å²) in [5.41, 5.74) is 1.21. The van der Waals surface area contributed by atoms with Crippen LogP contribution < -0.4 is 4.90 Å². The van der Waals surface area contributed by atoms with Gasteiger partial charge in [-0.15, -0.1) is 0 Å². The fraction of sp³-hybridized carbons (Fsp3) is 0.222. The van der Waals surface area contributed by atoms with Gasteiger partial charge in [0.1, 0.15) is 0 Å². The van der Waals surface area contributed by atoms with Crippen LogP contribution in [-0.2, 0) is 0 Å². The van der Waals surface area contributed by atoms with E-state index in [4.69, 9.17) is 0 Å². The average molecular weight is 244 g/mol. The predicted molar refractivity (Wildman–Crippen MR) is 59.1 cm³/mol. The van der Waals surface area contributed by atoms with E-state index in [2.05, 4.69) is 45.9 Å².